The fraction of sp³-hybridized carbons (Fsp3) is 0.571. The molecule has 2 nitrogen and oxygen atoms in total. The van der Waals surface area contributed by atoms with E-state index in [2.05, 4.69) is 6.08 Å². The SMILES string of the molecule is CC1=CCSC1(CN)C(N)=S. The number of thioether (sulfide) groups is 1. The van der Waals surface area contributed by atoms with Gasteiger partial charge in [-0.3, -0.25) is 0 Å². The molecule has 0 spiro atoms. The molecule has 0 amide bonds. The van der Waals surface area contributed by atoms with Gasteiger partial charge in [0.15, 0.2) is 0 Å². The average Bonchev–Trinajstić information content (AvgIpc) is 2.32. The lowest BCUT2D eigenvalue weighted by atomic mass is 10.00. The van der Waals surface area contributed by atoms with E-state index < -0.39 is 0 Å². The van der Waals surface area contributed by atoms with Gasteiger partial charge in [-0.1, -0.05) is 23.9 Å². The molecule has 4 N–H and O–H groups in total. The molecule has 0 radical (unpaired) electrons. The lowest BCUT2D eigenvalue weighted by Crippen LogP contribution is -2.45. The first-order valence-electron chi connectivity index (χ1n) is 3.44. The summed E-state index contributed by atoms with van der Waals surface area (Å²) < 4.78 is -0.241. The molecule has 0 aromatic rings. The lowest BCUT2D eigenvalue weighted by molar-refractivity contribution is 0.875. The van der Waals surface area contributed by atoms with Gasteiger partial charge >= 0.3 is 0 Å². The first-order valence-corrected chi connectivity index (χ1v) is 4.84. The Bertz CT molecular complexity index is 212. The Labute approximate surface area is 76.4 Å². The van der Waals surface area contributed by atoms with E-state index in [1.165, 1.54) is 5.57 Å². The van der Waals surface area contributed by atoms with Crippen molar-refractivity contribution in [2.45, 2.75) is 11.7 Å². The summed E-state index contributed by atoms with van der Waals surface area (Å²) in [6, 6.07) is 0. The zero-order valence-corrected chi connectivity index (χ0v) is 8.10. The Hall–Kier alpha value is -0.0600. The zero-order chi connectivity index (χ0) is 8.48. The number of hydrogen-bond donors (Lipinski definition) is 2. The Balaban J connectivity index is 2.93. The van der Waals surface area contributed by atoms with Gasteiger partial charge in [0.2, 0.25) is 0 Å². The molecular weight excluding hydrogens is 176 g/mol. The Morgan fingerprint density at radius 2 is 2.55 bits per heavy atom. The van der Waals surface area contributed by atoms with Crippen LogP contribution >= 0.6 is 24.0 Å². The quantitative estimate of drug-likeness (QED) is 0.494. The summed E-state index contributed by atoms with van der Waals surface area (Å²) in [5.74, 6) is 0.973. The van der Waals surface area contributed by atoms with Crippen LogP contribution in [0.3, 0.4) is 0 Å². The van der Waals surface area contributed by atoms with Gasteiger partial charge in [0, 0.05) is 12.3 Å². The highest BCUT2D eigenvalue weighted by atomic mass is 32.2. The molecule has 1 aliphatic heterocycles. The molecule has 1 heterocycles. The van der Waals surface area contributed by atoms with Gasteiger partial charge in [0.05, 0.1) is 9.74 Å². The third-order valence-corrected chi connectivity index (χ3v) is 4.05. The maximum atomic E-state index is 5.63. The van der Waals surface area contributed by atoms with E-state index in [1.807, 2.05) is 6.92 Å². The van der Waals surface area contributed by atoms with Gasteiger partial charge in [0.25, 0.3) is 0 Å². The lowest BCUT2D eigenvalue weighted by Gasteiger charge is -2.26. The molecular formula is C7H12N2S2. The van der Waals surface area contributed by atoms with Crippen LogP contribution < -0.4 is 11.5 Å². The first-order chi connectivity index (χ1) is 5.13. The maximum absolute atomic E-state index is 5.63. The average molecular weight is 188 g/mol. The summed E-state index contributed by atoms with van der Waals surface area (Å²) in [4.78, 5) is 0.510. The first kappa shape index (κ1) is 9.03. The second kappa shape index (κ2) is 3.13. The molecule has 0 aromatic heterocycles. The molecule has 0 fully saturated rings. The molecule has 0 saturated heterocycles. The highest BCUT2D eigenvalue weighted by Gasteiger charge is 2.37. The predicted molar refractivity (Wildman–Crippen MR) is 54.8 cm³/mol. The van der Waals surface area contributed by atoms with E-state index in [9.17, 15) is 0 Å². The summed E-state index contributed by atoms with van der Waals surface area (Å²) in [6.07, 6.45) is 2.14. The molecule has 0 aromatic carbocycles. The predicted octanol–water partition coefficient (Wildman–Crippen LogP) is 0.663. The molecule has 1 aliphatic rings. The van der Waals surface area contributed by atoms with E-state index >= 15 is 0 Å². The van der Waals surface area contributed by atoms with E-state index in [4.69, 9.17) is 23.7 Å². The van der Waals surface area contributed by atoms with Crippen molar-refractivity contribution in [3.63, 3.8) is 0 Å². The third kappa shape index (κ3) is 1.30. The molecule has 1 atom stereocenters. The highest BCUT2D eigenvalue weighted by Crippen LogP contribution is 2.37. The van der Waals surface area contributed by atoms with Gasteiger partial charge in [0.1, 0.15) is 0 Å². The largest absolute Gasteiger partial charge is 0.392 e. The van der Waals surface area contributed by atoms with Crippen LogP contribution in [0.2, 0.25) is 0 Å². The normalized spacial score (nSPS) is 30.2. The molecule has 0 bridgehead atoms. The zero-order valence-electron chi connectivity index (χ0n) is 6.46. The summed E-state index contributed by atoms with van der Waals surface area (Å²) in [7, 11) is 0. The number of thiocarbonyl (C=S) groups is 1. The Morgan fingerprint density at radius 1 is 1.91 bits per heavy atom. The molecule has 0 aliphatic carbocycles. The minimum Gasteiger partial charge on any atom is -0.392 e. The standard InChI is InChI=1S/C7H12N2S2/c1-5-2-3-11-7(5,4-8)6(9)10/h2H,3-4,8H2,1H3,(H2,9,10). The molecule has 1 unspecified atom stereocenters. The van der Waals surface area contributed by atoms with Crippen molar-refractivity contribution in [1.82, 2.24) is 0 Å². The van der Waals surface area contributed by atoms with Gasteiger partial charge in [-0.2, -0.15) is 0 Å². The van der Waals surface area contributed by atoms with Crippen molar-refractivity contribution in [2.24, 2.45) is 11.5 Å². The van der Waals surface area contributed by atoms with Gasteiger partial charge in [-0.05, 0) is 6.92 Å². The van der Waals surface area contributed by atoms with E-state index in [-0.39, 0.29) is 4.75 Å². The summed E-state index contributed by atoms with van der Waals surface area (Å²) in [5.41, 5.74) is 12.5. The van der Waals surface area contributed by atoms with Crippen LogP contribution in [0.25, 0.3) is 0 Å². The third-order valence-electron chi connectivity index (χ3n) is 2.04. The van der Waals surface area contributed by atoms with Crippen LogP contribution in [0.4, 0.5) is 0 Å². The Kier molecular flexibility index (Phi) is 2.57. The number of rotatable bonds is 2. The maximum Gasteiger partial charge on any atom is 0.0988 e. The fourth-order valence-electron chi connectivity index (χ4n) is 1.17. The molecule has 11 heavy (non-hydrogen) atoms. The Morgan fingerprint density at radius 3 is 2.73 bits per heavy atom. The van der Waals surface area contributed by atoms with Crippen LogP contribution in [0.15, 0.2) is 11.6 Å². The van der Waals surface area contributed by atoms with Crippen LogP contribution in [-0.2, 0) is 0 Å². The molecule has 4 heteroatoms. The van der Waals surface area contributed by atoms with Crippen molar-refractivity contribution in [3.8, 4) is 0 Å². The van der Waals surface area contributed by atoms with Crippen molar-refractivity contribution in [3.05, 3.63) is 11.6 Å². The van der Waals surface area contributed by atoms with Crippen LogP contribution in [0.5, 0.6) is 0 Å². The van der Waals surface area contributed by atoms with Crippen molar-refractivity contribution < 1.29 is 0 Å². The van der Waals surface area contributed by atoms with Crippen molar-refractivity contribution in [2.75, 3.05) is 12.3 Å². The summed E-state index contributed by atoms with van der Waals surface area (Å²) in [6.45, 7) is 2.54. The van der Waals surface area contributed by atoms with Crippen molar-refractivity contribution >= 4 is 29.0 Å². The minimum absolute atomic E-state index is 0.241. The molecule has 62 valence electrons. The van der Waals surface area contributed by atoms with E-state index in [0.29, 0.717) is 11.5 Å². The minimum atomic E-state index is -0.241. The van der Waals surface area contributed by atoms with Gasteiger partial charge in [-0.25, -0.2) is 0 Å². The van der Waals surface area contributed by atoms with E-state index in [1.54, 1.807) is 11.8 Å². The number of hydrogen-bond acceptors (Lipinski definition) is 3. The summed E-state index contributed by atoms with van der Waals surface area (Å²) >= 11 is 6.70. The topological polar surface area (TPSA) is 52.0 Å². The van der Waals surface area contributed by atoms with Gasteiger partial charge in [-0.15, -0.1) is 11.8 Å². The van der Waals surface area contributed by atoms with Crippen LogP contribution in [-0.4, -0.2) is 22.0 Å². The second-order valence-electron chi connectivity index (χ2n) is 2.59. The highest BCUT2D eigenvalue weighted by molar-refractivity contribution is 8.03. The smallest absolute Gasteiger partial charge is 0.0988 e. The van der Waals surface area contributed by atoms with Crippen molar-refractivity contribution in [1.29, 1.82) is 0 Å². The molecule has 1 rings (SSSR count). The number of nitrogens with two attached hydrogens (primary N) is 2. The molecule has 0 saturated carbocycles. The van der Waals surface area contributed by atoms with Crippen LogP contribution in [0.1, 0.15) is 6.92 Å². The fourth-order valence-corrected chi connectivity index (χ4v) is 2.78. The van der Waals surface area contributed by atoms with E-state index in [0.717, 1.165) is 5.75 Å². The second-order valence-corrected chi connectivity index (χ2v) is 4.35. The van der Waals surface area contributed by atoms with Gasteiger partial charge < -0.3 is 11.5 Å². The monoisotopic (exact) mass is 188 g/mol. The summed E-state index contributed by atoms with van der Waals surface area (Å²) in [5, 5.41) is 0. The van der Waals surface area contributed by atoms with Crippen LogP contribution in [0, 0.1) is 0 Å².